The molecule has 0 spiro atoms. The number of carbonyl (C=O) groups excluding carboxylic acids is 3. The molecule has 0 unspecified atom stereocenters. The summed E-state index contributed by atoms with van der Waals surface area (Å²) < 4.78 is 4.96. The summed E-state index contributed by atoms with van der Waals surface area (Å²) >= 11 is 0. The summed E-state index contributed by atoms with van der Waals surface area (Å²) in [6.45, 7) is 5.34. The summed E-state index contributed by atoms with van der Waals surface area (Å²) in [7, 11) is 0. The van der Waals surface area contributed by atoms with Crippen LogP contribution in [0, 0.1) is 0 Å². The number of hydrogen-bond donors (Lipinski definition) is 1. The van der Waals surface area contributed by atoms with Crippen LogP contribution in [0.3, 0.4) is 0 Å². The van der Waals surface area contributed by atoms with Gasteiger partial charge in [-0.3, -0.25) is 14.9 Å². The molecule has 0 heterocycles. The molecular formula is C20H22N2O4. The van der Waals surface area contributed by atoms with E-state index in [1.165, 1.54) is 0 Å². The van der Waals surface area contributed by atoms with Crippen LogP contribution in [-0.4, -0.2) is 37.5 Å². The van der Waals surface area contributed by atoms with Crippen LogP contribution in [0.2, 0.25) is 0 Å². The van der Waals surface area contributed by atoms with Crippen LogP contribution >= 0.6 is 0 Å². The second kappa shape index (κ2) is 9.36. The van der Waals surface area contributed by atoms with Crippen LogP contribution in [0.4, 0.5) is 5.69 Å². The number of carbonyl (C=O) groups is 3. The highest BCUT2D eigenvalue weighted by atomic mass is 16.5. The van der Waals surface area contributed by atoms with Crippen molar-refractivity contribution in [3.63, 3.8) is 0 Å². The Labute approximate surface area is 152 Å². The molecule has 0 saturated heterocycles. The quantitative estimate of drug-likeness (QED) is 0.774. The highest BCUT2D eigenvalue weighted by molar-refractivity contribution is 6.05. The third-order valence-corrected chi connectivity index (χ3v) is 3.85. The van der Waals surface area contributed by atoms with Crippen molar-refractivity contribution >= 4 is 23.5 Å². The van der Waals surface area contributed by atoms with Gasteiger partial charge in [0.25, 0.3) is 11.8 Å². The lowest BCUT2D eigenvalue weighted by Crippen LogP contribution is -2.34. The summed E-state index contributed by atoms with van der Waals surface area (Å²) in [6.07, 6.45) is 0. The highest BCUT2D eigenvalue weighted by Crippen LogP contribution is 2.15. The fourth-order valence-corrected chi connectivity index (χ4v) is 2.44. The first-order chi connectivity index (χ1) is 12.5. The molecule has 2 amide bonds. The Morgan fingerprint density at radius 3 is 2.08 bits per heavy atom. The van der Waals surface area contributed by atoms with Crippen molar-refractivity contribution in [3.05, 3.63) is 65.7 Å². The lowest BCUT2D eigenvalue weighted by molar-refractivity contribution is -0.123. The van der Waals surface area contributed by atoms with Gasteiger partial charge in [-0.15, -0.1) is 0 Å². The third-order valence-electron chi connectivity index (χ3n) is 3.85. The number of nitrogens with zero attached hydrogens (tertiary/aromatic N) is 1. The molecule has 0 atom stereocenters. The van der Waals surface area contributed by atoms with Crippen molar-refractivity contribution in [1.82, 2.24) is 5.32 Å². The number of hydrogen-bond acceptors (Lipinski definition) is 5. The number of anilines is 1. The number of imide groups is 1. The Morgan fingerprint density at radius 2 is 1.50 bits per heavy atom. The molecule has 0 bridgehead atoms. The first-order valence-electron chi connectivity index (χ1n) is 8.46. The highest BCUT2D eigenvalue weighted by Gasteiger charge is 2.14. The smallest absolute Gasteiger partial charge is 0.338 e. The Balaban J connectivity index is 1.86. The van der Waals surface area contributed by atoms with Crippen molar-refractivity contribution < 1.29 is 19.1 Å². The van der Waals surface area contributed by atoms with E-state index < -0.39 is 24.4 Å². The lowest BCUT2D eigenvalue weighted by atomic mass is 10.2. The van der Waals surface area contributed by atoms with Crippen molar-refractivity contribution in [2.45, 2.75) is 13.8 Å². The summed E-state index contributed by atoms with van der Waals surface area (Å²) in [5.74, 6) is -1.82. The molecule has 0 saturated carbocycles. The fourth-order valence-electron chi connectivity index (χ4n) is 2.44. The van der Waals surface area contributed by atoms with Gasteiger partial charge in [0, 0.05) is 24.3 Å². The molecule has 6 heteroatoms. The molecular weight excluding hydrogens is 332 g/mol. The van der Waals surface area contributed by atoms with Gasteiger partial charge in [0.05, 0.1) is 5.56 Å². The SMILES string of the molecule is CCN(CC)c1ccc(C(=O)OCC(=O)NC(=O)c2ccccc2)cc1. The van der Waals surface area contributed by atoms with E-state index in [9.17, 15) is 14.4 Å². The molecule has 2 aromatic rings. The van der Waals surface area contributed by atoms with Gasteiger partial charge in [-0.25, -0.2) is 4.79 Å². The van der Waals surface area contributed by atoms with E-state index in [4.69, 9.17) is 4.74 Å². The number of nitrogens with one attached hydrogen (secondary N) is 1. The van der Waals surface area contributed by atoms with Gasteiger partial charge < -0.3 is 9.64 Å². The zero-order valence-electron chi connectivity index (χ0n) is 14.9. The van der Waals surface area contributed by atoms with Gasteiger partial charge >= 0.3 is 5.97 Å². The molecule has 1 N–H and O–H groups in total. The molecule has 136 valence electrons. The Bertz CT molecular complexity index is 753. The normalized spacial score (nSPS) is 10.1. The van der Waals surface area contributed by atoms with Gasteiger partial charge in [0.15, 0.2) is 6.61 Å². The number of benzene rings is 2. The average molecular weight is 354 g/mol. The number of esters is 1. The van der Waals surface area contributed by atoms with E-state index in [-0.39, 0.29) is 0 Å². The molecule has 6 nitrogen and oxygen atoms in total. The van der Waals surface area contributed by atoms with Crippen molar-refractivity contribution in [3.8, 4) is 0 Å². The standard InChI is InChI=1S/C20H22N2O4/c1-3-22(4-2)17-12-10-16(11-13-17)20(25)26-14-18(23)21-19(24)15-8-6-5-7-9-15/h5-13H,3-4,14H2,1-2H3,(H,21,23,24). The molecule has 0 aromatic heterocycles. The van der Waals surface area contributed by atoms with Crippen LogP contribution < -0.4 is 10.2 Å². The van der Waals surface area contributed by atoms with Crippen molar-refractivity contribution in [2.75, 3.05) is 24.6 Å². The van der Waals surface area contributed by atoms with E-state index in [1.807, 2.05) is 12.1 Å². The molecule has 0 aliphatic rings. The van der Waals surface area contributed by atoms with Crippen molar-refractivity contribution in [2.24, 2.45) is 0 Å². The van der Waals surface area contributed by atoms with Gasteiger partial charge in [-0.05, 0) is 50.2 Å². The Morgan fingerprint density at radius 1 is 0.885 bits per heavy atom. The maximum atomic E-state index is 12.0. The lowest BCUT2D eigenvalue weighted by Gasteiger charge is -2.20. The zero-order chi connectivity index (χ0) is 18.9. The average Bonchev–Trinajstić information content (AvgIpc) is 2.68. The third kappa shape index (κ3) is 5.17. The van der Waals surface area contributed by atoms with Crippen LogP contribution in [0.1, 0.15) is 34.6 Å². The summed E-state index contributed by atoms with van der Waals surface area (Å²) in [5, 5.41) is 2.18. The van der Waals surface area contributed by atoms with E-state index in [2.05, 4.69) is 24.1 Å². The molecule has 0 aliphatic carbocycles. The monoisotopic (exact) mass is 354 g/mol. The maximum absolute atomic E-state index is 12.0. The summed E-state index contributed by atoms with van der Waals surface area (Å²) in [5.41, 5.74) is 1.72. The number of rotatable bonds is 7. The van der Waals surface area contributed by atoms with Crippen LogP contribution in [0.15, 0.2) is 54.6 Å². The Kier molecular flexibility index (Phi) is 6.91. The number of amides is 2. The predicted octanol–water partition coefficient (Wildman–Crippen LogP) is 2.65. The molecule has 2 aromatic carbocycles. The number of ether oxygens (including phenoxy) is 1. The van der Waals surface area contributed by atoms with E-state index in [0.717, 1.165) is 18.8 Å². The summed E-state index contributed by atoms with van der Waals surface area (Å²) in [6, 6.07) is 15.3. The first-order valence-corrected chi connectivity index (χ1v) is 8.46. The summed E-state index contributed by atoms with van der Waals surface area (Å²) in [4.78, 5) is 37.8. The van der Waals surface area contributed by atoms with Gasteiger partial charge in [0.1, 0.15) is 0 Å². The zero-order valence-corrected chi connectivity index (χ0v) is 14.9. The van der Waals surface area contributed by atoms with Crippen LogP contribution in [-0.2, 0) is 9.53 Å². The maximum Gasteiger partial charge on any atom is 0.338 e. The second-order valence-electron chi connectivity index (χ2n) is 5.54. The first kappa shape index (κ1) is 19.2. The molecule has 0 aliphatic heterocycles. The minimum absolute atomic E-state index is 0.350. The molecule has 2 rings (SSSR count). The molecule has 0 fully saturated rings. The van der Waals surface area contributed by atoms with Gasteiger partial charge in [-0.2, -0.15) is 0 Å². The van der Waals surface area contributed by atoms with Crippen LogP contribution in [0.25, 0.3) is 0 Å². The molecule has 0 radical (unpaired) electrons. The minimum atomic E-state index is -0.674. The van der Waals surface area contributed by atoms with E-state index in [1.54, 1.807) is 42.5 Å². The Hall–Kier alpha value is -3.15. The fraction of sp³-hybridized carbons (Fsp3) is 0.250. The van der Waals surface area contributed by atoms with Gasteiger partial charge in [-0.1, -0.05) is 18.2 Å². The van der Waals surface area contributed by atoms with E-state index in [0.29, 0.717) is 11.1 Å². The minimum Gasteiger partial charge on any atom is -0.452 e. The second-order valence-corrected chi connectivity index (χ2v) is 5.54. The van der Waals surface area contributed by atoms with Crippen LogP contribution in [0.5, 0.6) is 0 Å². The van der Waals surface area contributed by atoms with Crippen molar-refractivity contribution in [1.29, 1.82) is 0 Å². The molecule has 26 heavy (non-hydrogen) atoms. The van der Waals surface area contributed by atoms with Gasteiger partial charge in [0.2, 0.25) is 0 Å². The largest absolute Gasteiger partial charge is 0.452 e. The predicted molar refractivity (Wildman–Crippen MR) is 99.2 cm³/mol. The van der Waals surface area contributed by atoms with E-state index >= 15 is 0 Å². The topological polar surface area (TPSA) is 75.7 Å².